The Morgan fingerprint density at radius 1 is 1.53 bits per heavy atom. The smallest absolute Gasteiger partial charge is 0.308 e. The van der Waals surface area contributed by atoms with Crippen LogP contribution in [-0.4, -0.2) is 40.5 Å². The predicted molar refractivity (Wildman–Crippen MR) is 58.0 cm³/mol. The molecule has 1 aromatic heterocycles. The fraction of sp³-hybridized carbons (Fsp3) is 0.364. The minimum absolute atomic E-state index is 0.0602. The van der Waals surface area contributed by atoms with E-state index in [4.69, 9.17) is 5.11 Å². The highest BCUT2D eigenvalue weighted by Crippen LogP contribution is 2.06. The largest absolute Gasteiger partial charge is 0.481 e. The normalized spacial score (nSPS) is 11.9. The summed E-state index contributed by atoms with van der Waals surface area (Å²) in [5, 5.41) is 8.72. The lowest BCUT2D eigenvalue weighted by molar-refractivity contribution is -0.141. The molecule has 0 radical (unpaired) electrons. The number of hydrogen-bond acceptors (Lipinski definition) is 3. The minimum atomic E-state index is -0.984. The molecule has 1 rings (SSSR count). The molecule has 0 aliphatic heterocycles. The molecule has 0 saturated heterocycles. The maximum atomic E-state index is 12.9. The molecular formula is C11H13FN2O3. The van der Waals surface area contributed by atoms with Crippen molar-refractivity contribution in [2.45, 2.75) is 6.92 Å². The molecule has 0 bridgehead atoms. The van der Waals surface area contributed by atoms with Crippen molar-refractivity contribution in [1.29, 1.82) is 0 Å². The molecule has 17 heavy (non-hydrogen) atoms. The second kappa shape index (κ2) is 5.38. The summed E-state index contributed by atoms with van der Waals surface area (Å²) < 4.78 is 12.9. The first kappa shape index (κ1) is 13.1. The molecule has 6 heteroatoms. The third kappa shape index (κ3) is 3.51. The molecule has 1 N–H and O–H groups in total. The zero-order valence-corrected chi connectivity index (χ0v) is 9.55. The average molecular weight is 240 g/mol. The zero-order chi connectivity index (χ0) is 13.0. The third-order valence-corrected chi connectivity index (χ3v) is 2.27. The minimum Gasteiger partial charge on any atom is -0.481 e. The molecule has 0 aromatic carbocycles. The number of halogens is 1. The quantitative estimate of drug-likeness (QED) is 0.852. The number of aromatic nitrogens is 1. The number of pyridine rings is 1. The van der Waals surface area contributed by atoms with Crippen molar-refractivity contribution in [3.63, 3.8) is 0 Å². The van der Waals surface area contributed by atoms with Crippen LogP contribution in [0.4, 0.5) is 4.39 Å². The van der Waals surface area contributed by atoms with Crippen LogP contribution in [0.5, 0.6) is 0 Å². The van der Waals surface area contributed by atoms with E-state index in [1.807, 2.05) is 0 Å². The van der Waals surface area contributed by atoms with Gasteiger partial charge in [0.2, 0.25) is 0 Å². The van der Waals surface area contributed by atoms with Crippen LogP contribution >= 0.6 is 0 Å². The van der Waals surface area contributed by atoms with Gasteiger partial charge in [-0.25, -0.2) is 4.39 Å². The van der Waals surface area contributed by atoms with Gasteiger partial charge in [-0.1, -0.05) is 6.92 Å². The molecule has 0 aliphatic carbocycles. The molecule has 92 valence electrons. The maximum Gasteiger partial charge on any atom is 0.308 e. The summed E-state index contributed by atoms with van der Waals surface area (Å²) >= 11 is 0. The summed E-state index contributed by atoms with van der Waals surface area (Å²) in [6.45, 7) is 1.56. The van der Waals surface area contributed by atoms with Crippen LogP contribution in [0.3, 0.4) is 0 Å². The third-order valence-electron chi connectivity index (χ3n) is 2.27. The van der Waals surface area contributed by atoms with Crippen LogP contribution in [0.2, 0.25) is 0 Å². The molecule has 0 spiro atoms. The number of nitrogens with zero attached hydrogens (tertiary/aromatic N) is 2. The number of carboxylic acids is 1. The molecule has 0 saturated carbocycles. The lowest BCUT2D eigenvalue weighted by Gasteiger charge is -2.19. The first-order chi connectivity index (χ1) is 7.91. The van der Waals surface area contributed by atoms with E-state index in [0.29, 0.717) is 0 Å². The Kier molecular flexibility index (Phi) is 4.14. The topological polar surface area (TPSA) is 70.5 Å². The monoisotopic (exact) mass is 240 g/mol. The number of hydrogen-bond donors (Lipinski definition) is 1. The van der Waals surface area contributed by atoms with Crippen molar-refractivity contribution in [1.82, 2.24) is 9.88 Å². The number of carboxylic acid groups (broad SMARTS) is 1. The molecule has 1 atom stereocenters. The highest BCUT2D eigenvalue weighted by molar-refractivity contribution is 5.93. The fourth-order valence-corrected chi connectivity index (χ4v) is 1.32. The van der Waals surface area contributed by atoms with Gasteiger partial charge in [0.05, 0.1) is 17.7 Å². The van der Waals surface area contributed by atoms with Gasteiger partial charge in [0.25, 0.3) is 5.91 Å². The highest BCUT2D eigenvalue weighted by Gasteiger charge is 2.18. The molecule has 5 nitrogen and oxygen atoms in total. The lowest BCUT2D eigenvalue weighted by atomic mass is 10.1. The van der Waals surface area contributed by atoms with Crippen LogP contribution in [0.1, 0.15) is 17.3 Å². The van der Waals surface area contributed by atoms with Crippen LogP contribution in [0.15, 0.2) is 18.5 Å². The molecule has 1 aromatic rings. The zero-order valence-electron chi connectivity index (χ0n) is 9.55. The number of rotatable bonds is 4. The van der Waals surface area contributed by atoms with Crippen LogP contribution in [0.25, 0.3) is 0 Å². The first-order valence-corrected chi connectivity index (χ1v) is 5.00. The number of aliphatic carboxylic acids is 1. The Balaban J connectivity index is 2.73. The van der Waals surface area contributed by atoms with Crippen LogP contribution in [-0.2, 0) is 4.79 Å². The molecular weight excluding hydrogens is 227 g/mol. The fourth-order valence-electron chi connectivity index (χ4n) is 1.32. The lowest BCUT2D eigenvalue weighted by Crippen LogP contribution is -2.33. The van der Waals surface area contributed by atoms with E-state index in [0.717, 1.165) is 12.3 Å². The Hall–Kier alpha value is -1.98. The summed E-state index contributed by atoms with van der Waals surface area (Å²) in [6, 6.07) is 1.07. The summed E-state index contributed by atoms with van der Waals surface area (Å²) in [5.41, 5.74) is 0.102. The van der Waals surface area contributed by atoms with E-state index in [2.05, 4.69) is 4.98 Å². The van der Waals surface area contributed by atoms with Gasteiger partial charge in [-0.05, 0) is 6.07 Å². The van der Waals surface area contributed by atoms with Crippen LogP contribution in [0, 0.1) is 11.7 Å². The van der Waals surface area contributed by atoms with E-state index in [1.165, 1.54) is 25.1 Å². The van der Waals surface area contributed by atoms with Gasteiger partial charge in [0, 0.05) is 19.8 Å². The van der Waals surface area contributed by atoms with Gasteiger partial charge in [-0.2, -0.15) is 0 Å². The van der Waals surface area contributed by atoms with Crippen molar-refractivity contribution in [3.8, 4) is 0 Å². The van der Waals surface area contributed by atoms with E-state index in [1.54, 1.807) is 0 Å². The van der Waals surface area contributed by atoms with Crippen molar-refractivity contribution < 1.29 is 19.1 Å². The SMILES string of the molecule is CC(CN(C)C(=O)c1cncc(F)c1)C(=O)O. The Labute approximate surface area is 97.9 Å². The summed E-state index contributed by atoms with van der Waals surface area (Å²) in [7, 11) is 1.46. The highest BCUT2D eigenvalue weighted by atomic mass is 19.1. The van der Waals surface area contributed by atoms with Crippen molar-refractivity contribution in [3.05, 3.63) is 29.8 Å². The summed E-state index contributed by atoms with van der Waals surface area (Å²) in [5.74, 6) is -2.71. The van der Waals surface area contributed by atoms with Gasteiger partial charge in [0.15, 0.2) is 0 Å². The first-order valence-electron chi connectivity index (χ1n) is 5.00. The molecule has 0 fully saturated rings. The van der Waals surface area contributed by atoms with E-state index < -0.39 is 23.6 Å². The van der Waals surface area contributed by atoms with Crippen molar-refractivity contribution in [2.24, 2.45) is 5.92 Å². The second-order valence-electron chi connectivity index (χ2n) is 3.82. The summed E-state index contributed by atoms with van der Waals surface area (Å²) in [6.07, 6.45) is 2.24. The van der Waals surface area contributed by atoms with Gasteiger partial charge >= 0.3 is 5.97 Å². The van der Waals surface area contributed by atoms with Gasteiger partial charge in [-0.3, -0.25) is 14.6 Å². The standard InChI is InChI=1S/C11H13FN2O3/c1-7(11(16)17)6-14(2)10(15)8-3-9(12)5-13-4-8/h3-5,7H,6H2,1-2H3,(H,16,17). The number of carbonyl (C=O) groups is 2. The van der Waals surface area contributed by atoms with Gasteiger partial charge in [0.1, 0.15) is 5.82 Å². The van der Waals surface area contributed by atoms with Crippen molar-refractivity contribution in [2.75, 3.05) is 13.6 Å². The predicted octanol–water partition coefficient (Wildman–Crippen LogP) is 1.01. The van der Waals surface area contributed by atoms with Gasteiger partial charge < -0.3 is 10.0 Å². The number of carbonyl (C=O) groups excluding carboxylic acids is 1. The molecule has 1 unspecified atom stereocenters. The number of amides is 1. The molecule has 0 aliphatic rings. The second-order valence-corrected chi connectivity index (χ2v) is 3.82. The van der Waals surface area contributed by atoms with E-state index >= 15 is 0 Å². The Morgan fingerprint density at radius 2 is 2.18 bits per heavy atom. The average Bonchev–Trinajstić information content (AvgIpc) is 2.27. The van der Waals surface area contributed by atoms with E-state index in [9.17, 15) is 14.0 Å². The maximum absolute atomic E-state index is 12.9. The van der Waals surface area contributed by atoms with E-state index in [-0.39, 0.29) is 12.1 Å². The van der Waals surface area contributed by atoms with Crippen molar-refractivity contribution >= 4 is 11.9 Å². The Bertz CT molecular complexity index is 436. The molecule has 1 heterocycles. The molecule has 1 amide bonds. The van der Waals surface area contributed by atoms with Crippen LogP contribution < -0.4 is 0 Å². The summed E-state index contributed by atoms with van der Waals surface area (Å²) in [4.78, 5) is 27.2. The Morgan fingerprint density at radius 3 is 2.71 bits per heavy atom. The van der Waals surface area contributed by atoms with Gasteiger partial charge in [-0.15, -0.1) is 0 Å².